The van der Waals surface area contributed by atoms with E-state index in [0.29, 0.717) is 30.6 Å². The molecule has 0 aliphatic heterocycles. The van der Waals surface area contributed by atoms with Crippen LogP contribution in [0.3, 0.4) is 0 Å². The Labute approximate surface area is 133 Å². The van der Waals surface area contributed by atoms with Crippen LogP contribution in [0.4, 0.5) is 0 Å². The van der Waals surface area contributed by atoms with Crippen LogP contribution in [0.1, 0.15) is 47.7 Å². The smallest absolute Gasteiger partial charge is 0.335 e. The van der Waals surface area contributed by atoms with Gasteiger partial charge in [-0.25, -0.2) is 9.78 Å². The van der Waals surface area contributed by atoms with E-state index in [1.165, 1.54) is 12.1 Å². The Morgan fingerprint density at radius 2 is 2.09 bits per heavy atom. The van der Waals surface area contributed by atoms with E-state index in [1.54, 1.807) is 17.4 Å². The lowest BCUT2D eigenvalue weighted by atomic mass is 10.2. The summed E-state index contributed by atoms with van der Waals surface area (Å²) >= 11 is 1.55. The van der Waals surface area contributed by atoms with Gasteiger partial charge in [0.2, 0.25) is 0 Å². The van der Waals surface area contributed by atoms with Crippen molar-refractivity contribution in [3.63, 3.8) is 0 Å². The third-order valence-corrected chi connectivity index (χ3v) is 3.84. The van der Waals surface area contributed by atoms with E-state index in [9.17, 15) is 4.79 Å². The molecule has 0 amide bonds. The Kier molecular flexibility index (Phi) is 5.38. The molecular weight excluding hydrogens is 302 g/mol. The summed E-state index contributed by atoms with van der Waals surface area (Å²) in [7, 11) is 0. The van der Waals surface area contributed by atoms with Gasteiger partial charge in [0.1, 0.15) is 11.6 Å². The van der Waals surface area contributed by atoms with Gasteiger partial charge in [0.15, 0.2) is 11.5 Å². The number of nitrogens with zero attached hydrogens (tertiary/aromatic N) is 1. The second kappa shape index (κ2) is 7.26. The number of ether oxygens (including phenoxy) is 2. The first-order chi connectivity index (χ1) is 10.5. The molecule has 0 saturated carbocycles. The molecule has 2 rings (SSSR count). The van der Waals surface area contributed by atoms with E-state index < -0.39 is 5.97 Å². The summed E-state index contributed by atoms with van der Waals surface area (Å²) in [5.41, 5.74) is 1.22. The number of rotatable bonds is 7. The maximum Gasteiger partial charge on any atom is 0.335 e. The largest absolute Gasteiger partial charge is 0.490 e. The van der Waals surface area contributed by atoms with Crippen LogP contribution in [0.5, 0.6) is 11.5 Å². The molecule has 22 heavy (non-hydrogen) atoms. The third-order valence-electron chi connectivity index (χ3n) is 3.00. The Hall–Kier alpha value is -2.08. The van der Waals surface area contributed by atoms with Crippen molar-refractivity contribution in [2.24, 2.45) is 0 Å². The van der Waals surface area contributed by atoms with Gasteiger partial charge in [-0.1, -0.05) is 13.8 Å². The van der Waals surface area contributed by atoms with E-state index >= 15 is 0 Å². The lowest BCUT2D eigenvalue weighted by Crippen LogP contribution is -2.02. The molecule has 6 heteroatoms. The minimum atomic E-state index is -0.992. The van der Waals surface area contributed by atoms with Crippen molar-refractivity contribution in [3.8, 4) is 11.5 Å². The highest BCUT2D eigenvalue weighted by atomic mass is 32.1. The molecule has 0 aliphatic rings. The molecule has 0 atom stereocenters. The van der Waals surface area contributed by atoms with Crippen molar-refractivity contribution in [1.82, 2.24) is 4.98 Å². The fraction of sp³-hybridized carbons (Fsp3) is 0.375. The van der Waals surface area contributed by atoms with E-state index in [-0.39, 0.29) is 5.56 Å². The maximum atomic E-state index is 11.0. The fourth-order valence-corrected chi connectivity index (χ4v) is 2.69. The topological polar surface area (TPSA) is 68.7 Å². The second-order valence-corrected chi connectivity index (χ2v) is 5.95. The van der Waals surface area contributed by atoms with Crippen LogP contribution >= 0.6 is 11.3 Å². The summed E-state index contributed by atoms with van der Waals surface area (Å²) in [6.45, 7) is 6.81. The Morgan fingerprint density at radius 1 is 1.32 bits per heavy atom. The summed E-state index contributed by atoms with van der Waals surface area (Å²) < 4.78 is 11.2. The number of carbonyl (C=O) groups is 1. The molecule has 0 spiro atoms. The van der Waals surface area contributed by atoms with Crippen LogP contribution in [0, 0.1) is 0 Å². The summed E-state index contributed by atoms with van der Waals surface area (Å²) in [5, 5.41) is 11.9. The van der Waals surface area contributed by atoms with E-state index in [4.69, 9.17) is 14.6 Å². The van der Waals surface area contributed by atoms with Crippen molar-refractivity contribution >= 4 is 17.3 Å². The van der Waals surface area contributed by atoms with Gasteiger partial charge in [0.05, 0.1) is 17.9 Å². The van der Waals surface area contributed by atoms with Gasteiger partial charge in [0.25, 0.3) is 0 Å². The minimum Gasteiger partial charge on any atom is -0.490 e. The highest BCUT2D eigenvalue weighted by Crippen LogP contribution is 2.30. The van der Waals surface area contributed by atoms with Crippen LogP contribution in [-0.4, -0.2) is 22.7 Å². The number of hydrogen-bond acceptors (Lipinski definition) is 5. The minimum absolute atomic E-state index is 0.173. The lowest BCUT2D eigenvalue weighted by Gasteiger charge is -2.11. The first kappa shape index (κ1) is 16.3. The second-order valence-electron chi connectivity index (χ2n) is 5.01. The molecule has 118 valence electrons. The lowest BCUT2D eigenvalue weighted by molar-refractivity contribution is 0.0696. The Balaban J connectivity index is 2.12. The van der Waals surface area contributed by atoms with Gasteiger partial charge >= 0.3 is 5.97 Å². The molecule has 1 heterocycles. The predicted octanol–water partition coefficient (Wildman–Crippen LogP) is 3.94. The molecule has 0 saturated heterocycles. The van der Waals surface area contributed by atoms with Gasteiger partial charge in [-0.2, -0.15) is 0 Å². The molecule has 5 nitrogen and oxygen atoms in total. The van der Waals surface area contributed by atoms with Crippen LogP contribution in [-0.2, 0) is 6.61 Å². The number of aromatic carboxylic acids is 1. The van der Waals surface area contributed by atoms with Gasteiger partial charge in [0, 0.05) is 5.38 Å². The zero-order chi connectivity index (χ0) is 16.1. The molecule has 1 aromatic heterocycles. The number of benzene rings is 1. The first-order valence-corrected chi connectivity index (χ1v) is 7.96. The standard InChI is InChI=1S/C16H19NO4S/c1-4-20-14-7-11(16(18)19)5-6-13(14)21-8-15-17-12(9-22-15)10(2)3/h5-7,9-10H,4,8H2,1-3H3,(H,18,19). The summed E-state index contributed by atoms with van der Waals surface area (Å²) in [5.74, 6) is 0.351. The monoisotopic (exact) mass is 321 g/mol. The van der Waals surface area contributed by atoms with Crippen molar-refractivity contribution in [3.05, 3.63) is 39.8 Å². The first-order valence-electron chi connectivity index (χ1n) is 7.08. The molecule has 0 radical (unpaired) electrons. The predicted molar refractivity (Wildman–Crippen MR) is 85.1 cm³/mol. The van der Waals surface area contributed by atoms with Crippen molar-refractivity contribution in [2.75, 3.05) is 6.61 Å². The van der Waals surface area contributed by atoms with E-state index in [2.05, 4.69) is 18.8 Å². The van der Waals surface area contributed by atoms with Crippen molar-refractivity contribution in [2.45, 2.75) is 33.3 Å². The normalized spacial score (nSPS) is 10.7. The van der Waals surface area contributed by atoms with Gasteiger partial charge in [-0.15, -0.1) is 11.3 Å². The van der Waals surface area contributed by atoms with Crippen LogP contribution < -0.4 is 9.47 Å². The SMILES string of the molecule is CCOc1cc(C(=O)O)ccc1OCc1nc(C(C)C)cs1. The summed E-state index contributed by atoms with van der Waals surface area (Å²) in [6, 6.07) is 4.59. The molecule has 2 aromatic rings. The van der Waals surface area contributed by atoms with Gasteiger partial charge in [-0.05, 0) is 31.0 Å². The number of hydrogen-bond donors (Lipinski definition) is 1. The number of thiazole rings is 1. The molecular formula is C16H19NO4S. The molecule has 0 bridgehead atoms. The summed E-state index contributed by atoms with van der Waals surface area (Å²) in [6.07, 6.45) is 0. The van der Waals surface area contributed by atoms with Crippen molar-refractivity contribution < 1.29 is 19.4 Å². The maximum absolute atomic E-state index is 11.0. The van der Waals surface area contributed by atoms with Crippen LogP contribution in [0.2, 0.25) is 0 Å². The molecule has 0 aliphatic carbocycles. The number of carboxylic acid groups (broad SMARTS) is 1. The van der Waals surface area contributed by atoms with E-state index in [0.717, 1.165) is 10.7 Å². The Bertz CT molecular complexity index is 651. The van der Waals surface area contributed by atoms with Crippen LogP contribution in [0.25, 0.3) is 0 Å². The van der Waals surface area contributed by atoms with E-state index in [1.807, 2.05) is 12.3 Å². The van der Waals surface area contributed by atoms with Crippen LogP contribution in [0.15, 0.2) is 23.6 Å². The highest BCUT2D eigenvalue weighted by Gasteiger charge is 2.12. The third kappa shape index (κ3) is 3.98. The average molecular weight is 321 g/mol. The number of aromatic nitrogens is 1. The van der Waals surface area contributed by atoms with Gasteiger partial charge in [-0.3, -0.25) is 0 Å². The van der Waals surface area contributed by atoms with Gasteiger partial charge < -0.3 is 14.6 Å². The Morgan fingerprint density at radius 3 is 2.68 bits per heavy atom. The zero-order valence-corrected chi connectivity index (χ0v) is 13.6. The molecule has 1 aromatic carbocycles. The zero-order valence-electron chi connectivity index (χ0n) is 12.8. The van der Waals surface area contributed by atoms with Crippen molar-refractivity contribution in [1.29, 1.82) is 0 Å². The molecule has 0 unspecified atom stereocenters. The molecule has 1 N–H and O–H groups in total. The quantitative estimate of drug-likeness (QED) is 0.836. The highest BCUT2D eigenvalue weighted by molar-refractivity contribution is 7.09. The molecule has 0 fully saturated rings. The summed E-state index contributed by atoms with van der Waals surface area (Å²) in [4.78, 5) is 15.5. The number of carboxylic acids is 1. The fourth-order valence-electron chi connectivity index (χ4n) is 1.82. The average Bonchev–Trinajstić information content (AvgIpc) is 2.95.